The number of aryl methyl sites for hydroxylation is 2. The van der Waals surface area contributed by atoms with Crippen LogP contribution in [0, 0.1) is 19.3 Å². The smallest absolute Gasteiger partial charge is 0.180 e. The predicted molar refractivity (Wildman–Crippen MR) is 68.0 cm³/mol. The van der Waals surface area contributed by atoms with Crippen LogP contribution >= 0.6 is 0 Å². The molecular weight excluding hydrogens is 226 g/mol. The van der Waals surface area contributed by atoms with Crippen LogP contribution in [0.25, 0.3) is 22.2 Å². The maximum absolute atomic E-state index is 8.00. The van der Waals surface area contributed by atoms with Crippen LogP contribution in [0.3, 0.4) is 0 Å². The lowest BCUT2D eigenvalue weighted by Gasteiger charge is -1.97. The van der Waals surface area contributed by atoms with Gasteiger partial charge >= 0.3 is 0 Å². The van der Waals surface area contributed by atoms with Gasteiger partial charge < -0.3 is 0 Å². The van der Waals surface area contributed by atoms with E-state index in [4.69, 9.17) is 5.41 Å². The SMILES string of the molecule is Cc1cc(C)c2nc(=N)c3cccnc3nc2n1. The molecule has 0 aliphatic carbocycles. The van der Waals surface area contributed by atoms with Crippen molar-refractivity contribution >= 4 is 22.2 Å². The molecule has 0 saturated carbocycles. The molecular formula is C13H11N5. The van der Waals surface area contributed by atoms with Crippen molar-refractivity contribution in [3.05, 3.63) is 41.1 Å². The molecule has 1 N–H and O–H groups in total. The van der Waals surface area contributed by atoms with Crippen molar-refractivity contribution in [2.45, 2.75) is 13.8 Å². The highest BCUT2D eigenvalue weighted by atomic mass is 14.9. The molecule has 0 saturated heterocycles. The minimum atomic E-state index is 0.175. The Labute approximate surface area is 103 Å². The summed E-state index contributed by atoms with van der Waals surface area (Å²) in [6.07, 6.45) is 1.66. The summed E-state index contributed by atoms with van der Waals surface area (Å²) in [5.74, 6) is 0. The van der Waals surface area contributed by atoms with E-state index >= 15 is 0 Å². The summed E-state index contributed by atoms with van der Waals surface area (Å²) in [4.78, 5) is 17.3. The highest BCUT2D eigenvalue weighted by Gasteiger charge is 2.05. The number of hydrogen-bond acceptors (Lipinski definition) is 5. The van der Waals surface area contributed by atoms with Crippen LogP contribution in [-0.2, 0) is 0 Å². The summed E-state index contributed by atoms with van der Waals surface area (Å²) in [6.45, 7) is 3.86. The Morgan fingerprint density at radius 1 is 1.06 bits per heavy atom. The number of rotatable bonds is 0. The average molecular weight is 237 g/mol. The number of pyridine rings is 2. The minimum absolute atomic E-state index is 0.175. The van der Waals surface area contributed by atoms with Crippen LogP contribution < -0.4 is 5.49 Å². The van der Waals surface area contributed by atoms with Crippen LogP contribution in [0.5, 0.6) is 0 Å². The van der Waals surface area contributed by atoms with Gasteiger partial charge in [-0.1, -0.05) is 0 Å². The zero-order valence-electron chi connectivity index (χ0n) is 10.1. The zero-order valence-corrected chi connectivity index (χ0v) is 10.1. The quantitative estimate of drug-likeness (QED) is 0.645. The van der Waals surface area contributed by atoms with Gasteiger partial charge in [-0.2, -0.15) is 0 Å². The maximum Gasteiger partial charge on any atom is 0.180 e. The van der Waals surface area contributed by atoms with E-state index in [0.717, 1.165) is 11.3 Å². The van der Waals surface area contributed by atoms with E-state index in [-0.39, 0.29) is 5.49 Å². The van der Waals surface area contributed by atoms with E-state index in [1.807, 2.05) is 19.9 Å². The molecule has 5 nitrogen and oxygen atoms in total. The summed E-state index contributed by atoms with van der Waals surface area (Å²) in [5.41, 5.74) is 3.73. The number of hydrogen-bond donors (Lipinski definition) is 1. The van der Waals surface area contributed by atoms with Crippen molar-refractivity contribution in [2.75, 3.05) is 0 Å². The van der Waals surface area contributed by atoms with Crippen LogP contribution in [-0.4, -0.2) is 19.9 Å². The fraction of sp³-hybridized carbons (Fsp3) is 0.154. The Balaban J connectivity index is 2.64. The summed E-state index contributed by atoms with van der Waals surface area (Å²) in [6, 6.07) is 5.51. The number of aromatic nitrogens is 4. The normalized spacial score (nSPS) is 11.0. The molecule has 0 aliphatic rings. The van der Waals surface area contributed by atoms with Crippen molar-refractivity contribution in [2.24, 2.45) is 0 Å². The second kappa shape index (κ2) is 3.80. The second-order valence-electron chi connectivity index (χ2n) is 4.20. The molecule has 0 spiro atoms. The lowest BCUT2D eigenvalue weighted by molar-refractivity contribution is 1.14. The van der Waals surface area contributed by atoms with Gasteiger partial charge in [0, 0.05) is 11.9 Å². The van der Waals surface area contributed by atoms with E-state index in [1.165, 1.54) is 0 Å². The van der Waals surface area contributed by atoms with Crippen molar-refractivity contribution in [1.82, 2.24) is 19.9 Å². The van der Waals surface area contributed by atoms with E-state index < -0.39 is 0 Å². The molecule has 3 aromatic heterocycles. The van der Waals surface area contributed by atoms with Gasteiger partial charge in [-0.3, -0.25) is 5.41 Å². The molecule has 0 bridgehead atoms. The van der Waals surface area contributed by atoms with Gasteiger partial charge in [0.05, 0.1) is 5.39 Å². The van der Waals surface area contributed by atoms with E-state index in [9.17, 15) is 0 Å². The third-order valence-electron chi connectivity index (χ3n) is 2.77. The summed E-state index contributed by atoms with van der Waals surface area (Å²) in [7, 11) is 0. The van der Waals surface area contributed by atoms with Crippen molar-refractivity contribution in [3.63, 3.8) is 0 Å². The average Bonchev–Trinajstić information content (AvgIpc) is 2.47. The molecule has 0 fully saturated rings. The molecule has 18 heavy (non-hydrogen) atoms. The van der Waals surface area contributed by atoms with Gasteiger partial charge in [-0.15, -0.1) is 0 Å². The first-order chi connectivity index (χ1) is 8.65. The maximum atomic E-state index is 8.00. The van der Waals surface area contributed by atoms with Gasteiger partial charge in [0.1, 0.15) is 5.52 Å². The summed E-state index contributed by atoms with van der Waals surface area (Å²) in [5, 5.41) is 8.63. The molecule has 3 aromatic rings. The Morgan fingerprint density at radius 3 is 2.72 bits per heavy atom. The molecule has 5 heteroatoms. The number of nitrogens with zero attached hydrogens (tertiary/aromatic N) is 4. The van der Waals surface area contributed by atoms with Gasteiger partial charge in [0.25, 0.3) is 0 Å². The lowest BCUT2D eigenvalue weighted by atomic mass is 10.2. The van der Waals surface area contributed by atoms with Crippen molar-refractivity contribution < 1.29 is 0 Å². The first kappa shape index (κ1) is 10.7. The molecule has 3 heterocycles. The topological polar surface area (TPSA) is 75.4 Å². The van der Waals surface area contributed by atoms with Crippen molar-refractivity contribution in [1.29, 1.82) is 5.41 Å². The van der Waals surface area contributed by atoms with E-state index in [2.05, 4.69) is 19.9 Å². The van der Waals surface area contributed by atoms with Crippen LogP contribution in [0.1, 0.15) is 11.3 Å². The standard InChI is InChI=1S/C13H11N5/c1-7-6-8(2)16-13-10(7)17-11(14)9-4-3-5-15-12(9)18-13/h3-6,14H,1-2H3. The molecule has 0 aliphatic heterocycles. The second-order valence-corrected chi connectivity index (χ2v) is 4.20. The number of nitrogens with one attached hydrogen (secondary N) is 1. The van der Waals surface area contributed by atoms with Crippen molar-refractivity contribution in [3.8, 4) is 0 Å². The van der Waals surface area contributed by atoms with E-state index in [1.54, 1.807) is 18.3 Å². The Bertz CT molecular complexity index is 826. The van der Waals surface area contributed by atoms with Crippen LogP contribution in [0.15, 0.2) is 24.4 Å². The predicted octanol–water partition coefficient (Wildman–Crippen LogP) is 1.67. The minimum Gasteiger partial charge on any atom is -0.282 e. The largest absolute Gasteiger partial charge is 0.282 e. The van der Waals surface area contributed by atoms with Gasteiger partial charge in [0.2, 0.25) is 0 Å². The summed E-state index contributed by atoms with van der Waals surface area (Å²) < 4.78 is 0. The highest BCUT2D eigenvalue weighted by molar-refractivity contribution is 5.80. The third kappa shape index (κ3) is 1.60. The monoisotopic (exact) mass is 237 g/mol. The van der Waals surface area contributed by atoms with Crippen LogP contribution in [0.4, 0.5) is 0 Å². The lowest BCUT2D eigenvalue weighted by Crippen LogP contribution is -2.03. The Kier molecular flexibility index (Phi) is 2.26. The molecule has 0 amide bonds. The van der Waals surface area contributed by atoms with E-state index in [0.29, 0.717) is 22.2 Å². The molecule has 0 aromatic carbocycles. The fourth-order valence-corrected chi connectivity index (χ4v) is 1.97. The van der Waals surface area contributed by atoms with Gasteiger partial charge in [-0.25, -0.2) is 19.9 Å². The number of fused-ring (bicyclic) bond motifs is 2. The van der Waals surface area contributed by atoms with Crippen LogP contribution in [0.2, 0.25) is 0 Å². The molecule has 0 radical (unpaired) electrons. The van der Waals surface area contributed by atoms with Gasteiger partial charge in [0.15, 0.2) is 16.8 Å². The summed E-state index contributed by atoms with van der Waals surface area (Å²) >= 11 is 0. The molecule has 3 rings (SSSR count). The fourth-order valence-electron chi connectivity index (χ4n) is 1.97. The molecule has 0 unspecified atom stereocenters. The Morgan fingerprint density at radius 2 is 1.89 bits per heavy atom. The zero-order chi connectivity index (χ0) is 12.7. The van der Waals surface area contributed by atoms with Gasteiger partial charge in [-0.05, 0) is 37.6 Å². The molecule has 0 atom stereocenters. The first-order valence-corrected chi connectivity index (χ1v) is 5.61. The third-order valence-corrected chi connectivity index (χ3v) is 2.77. The highest BCUT2D eigenvalue weighted by Crippen LogP contribution is 2.13. The molecule has 88 valence electrons. The Hall–Kier alpha value is -2.43. The first-order valence-electron chi connectivity index (χ1n) is 5.61.